The predicted octanol–water partition coefficient (Wildman–Crippen LogP) is 3.56. The fourth-order valence-electron chi connectivity index (χ4n) is 2.30. The molecule has 2 aromatic carbocycles. The van der Waals surface area contributed by atoms with E-state index >= 15 is 0 Å². The SMILES string of the molecule is COc1ccc(Cc2noc(-c3cc(Br)ccc3OCC(=O)O)n2)cc1. The zero-order valence-electron chi connectivity index (χ0n) is 13.8. The molecule has 0 saturated carbocycles. The van der Waals surface area contributed by atoms with Crippen molar-refractivity contribution in [2.45, 2.75) is 6.42 Å². The molecule has 1 N–H and O–H groups in total. The monoisotopic (exact) mass is 418 g/mol. The topological polar surface area (TPSA) is 94.7 Å². The van der Waals surface area contributed by atoms with Crippen molar-refractivity contribution in [3.63, 3.8) is 0 Å². The molecule has 0 radical (unpaired) electrons. The minimum atomic E-state index is -1.07. The highest BCUT2D eigenvalue weighted by Crippen LogP contribution is 2.32. The first-order valence-electron chi connectivity index (χ1n) is 7.65. The van der Waals surface area contributed by atoms with Gasteiger partial charge < -0.3 is 19.1 Å². The average molecular weight is 419 g/mol. The number of carboxylic acid groups (broad SMARTS) is 1. The van der Waals surface area contributed by atoms with Gasteiger partial charge in [0.25, 0.3) is 5.89 Å². The molecule has 1 heterocycles. The van der Waals surface area contributed by atoms with Crippen LogP contribution in [0.4, 0.5) is 0 Å². The average Bonchev–Trinajstić information content (AvgIpc) is 3.09. The molecule has 0 amide bonds. The molecule has 26 heavy (non-hydrogen) atoms. The quantitative estimate of drug-likeness (QED) is 0.626. The third-order valence-electron chi connectivity index (χ3n) is 3.51. The molecule has 8 heteroatoms. The number of aromatic nitrogens is 2. The van der Waals surface area contributed by atoms with E-state index in [-0.39, 0.29) is 5.89 Å². The number of carbonyl (C=O) groups is 1. The van der Waals surface area contributed by atoms with Crippen LogP contribution < -0.4 is 9.47 Å². The second kappa shape index (κ2) is 8.01. The maximum atomic E-state index is 10.7. The first kappa shape index (κ1) is 17.9. The van der Waals surface area contributed by atoms with E-state index in [0.717, 1.165) is 15.8 Å². The van der Waals surface area contributed by atoms with E-state index in [2.05, 4.69) is 26.1 Å². The van der Waals surface area contributed by atoms with Gasteiger partial charge in [0.2, 0.25) is 0 Å². The van der Waals surface area contributed by atoms with E-state index in [9.17, 15) is 4.79 Å². The van der Waals surface area contributed by atoms with Gasteiger partial charge in [-0.3, -0.25) is 0 Å². The Morgan fingerprint density at radius 2 is 2.00 bits per heavy atom. The number of halogens is 1. The summed E-state index contributed by atoms with van der Waals surface area (Å²) in [4.78, 5) is 15.1. The maximum Gasteiger partial charge on any atom is 0.341 e. The number of hydrogen-bond donors (Lipinski definition) is 1. The number of hydrogen-bond acceptors (Lipinski definition) is 6. The Morgan fingerprint density at radius 1 is 1.23 bits per heavy atom. The van der Waals surface area contributed by atoms with E-state index in [1.54, 1.807) is 25.3 Å². The van der Waals surface area contributed by atoms with Gasteiger partial charge in [-0.15, -0.1) is 0 Å². The molecule has 0 aliphatic rings. The van der Waals surface area contributed by atoms with Crippen molar-refractivity contribution in [2.24, 2.45) is 0 Å². The minimum Gasteiger partial charge on any atom is -0.497 e. The summed E-state index contributed by atoms with van der Waals surface area (Å²) in [5.41, 5.74) is 1.53. The van der Waals surface area contributed by atoms with Crippen LogP contribution in [-0.2, 0) is 11.2 Å². The van der Waals surface area contributed by atoms with Gasteiger partial charge in [-0.2, -0.15) is 4.98 Å². The molecule has 0 spiro atoms. The smallest absolute Gasteiger partial charge is 0.341 e. The summed E-state index contributed by atoms with van der Waals surface area (Å²) in [6, 6.07) is 12.7. The Kier molecular flexibility index (Phi) is 5.52. The maximum absolute atomic E-state index is 10.7. The van der Waals surface area contributed by atoms with Crippen LogP contribution in [0.25, 0.3) is 11.5 Å². The molecular weight excluding hydrogens is 404 g/mol. The van der Waals surface area contributed by atoms with Crippen LogP contribution in [0.15, 0.2) is 51.5 Å². The predicted molar refractivity (Wildman–Crippen MR) is 96.4 cm³/mol. The number of methoxy groups -OCH3 is 1. The summed E-state index contributed by atoms with van der Waals surface area (Å²) in [5.74, 6) is 0.835. The molecule has 134 valence electrons. The molecule has 0 saturated heterocycles. The van der Waals surface area contributed by atoms with Gasteiger partial charge in [0.1, 0.15) is 11.5 Å². The highest BCUT2D eigenvalue weighted by Gasteiger charge is 2.16. The Bertz CT molecular complexity index is 908. The number of aliphatic carboxylic acids is 1. The standard InChI is InChI=1S/C18H15BrN2O5/c1-24-13-5-2-11(3-6-13)8-16-20-18(26-21-16)14-9-12(19)4-7-15(14)25-10-17(22)23/h2-7,9H,8,10H2,1H3,(H,22,23). The molecule has 1 aromatic heterocycles. The van der Waals surface area contributed by atoms with Gasteiger partial charge in [-0.25, -0.2) is 4.79 Å². The lowest BCUT2D eigenvalue weighted by Crippen LogP contribution is -2.10. The van der Waals surface area contributed by atoms with Crippen molar-refractivity contribution < 1.29 is 23.9 Å². The minimum absolute atomic E-state index is 0.259. The Labute approximate surface area is 157 Å². The molecule has 7 nitrogen and oxygen atoms in total. The van der Waals surface area contributed by atoms with Gasteiger partial charge in [-0.05, 0) is 35.9 Å². The summed E-state index contributed by atoms with van der Waals surface area (Å²) in [5, 5.41) is 12.8. The molecule has 0 bridgehead atoms. The molecular formula is C18H15BrN2O5. The van der Waals surface area contributed by atoms with Gasteiger partial charge in [-0.1, -0.05) is 33.2 Å². The van der Waals surface area contributed by atoms with E-state index < -0.39 is 12.6 Å². The zero-order valence-corrected chi connectivity index (χ0v) is 15.4. The van der Waals surface area contributed by atoms with E-state index in [1.807, 2.05) is 24.3 Å². The second-order valence-electron chi connectivity index (χ2n) is 5.36. The third kappa shape index (κ3) is 4.40. The fourth-order valence-corrected chi connectivity index (χ4v) is 2.66. The van der Waals surface area contributed by atoms with Crippen LogP contribution in [0.2, 0.25) is 0 Å². The van der Waals surface area contributed by atoms with Crippen molar-refractivity contribution >= 4 is 21.9 Å². The Hall–Kier alpha value is -2.87. The molecule has 0 aliphatic carbocycles. The van der Waals surface area contributed by atoms with Crippen LogP contribution in [-0.4, -0.2) is 34.9 Å². The Morgan fingerprint density at radius 3 is 2.69 bits per heavy atom. The lowest BCUT2D eigenvalue weighted by molar-refractivity contribution is -0.139. The first-order chi connectivity index (χ1) is 12.5. The highest BCUT2D eigenvalue weighted by molar-refractivity contribution is 9.10. The van der Waals surface area contributed by atoms with Crippen LogP contribution in [0.3, 0.4) is 0 Å². The normalized spacial score (nSPS) is 10.5. The summed E-state index contributed by atoms with van der Waals surface area (Å²) < 4.78 is 16.6. The summed E-state index contributed by atoms with van der Waals surface area (Å²) in [7, 11) is 1.61. The van der Waals surface area contributed by atoms with Gasteiger partial charge in [0.15, 0.2) is 12.4 Å². The Balaban J connectivity index is 1.82. The first-order valence-corrected chi connectivity index (χ1v) is 8.44. The van der Waals surface area contributed by atoms with Crippen molar-refractivity contribution in [2.75, 3.05) is 13.7 Å². The van der Waals surface area contributed by atoms with Crippen molar-refractivity contribution in [3.8, 4) is 23.0 Å². The zero-order chi connectivity index (χ0) is 18.5. The number of nitrogens with zero attached hydrogens (tertiary/aromatic N) is 2. The van der Waals surface area contributed by atoms with Crippen molar-refractivity contribution in [1.82, 2.24) is 10.1 Å². The lowest BCUT2D eigenvalue weighted by atomic mass is 10.1. The molecule has 3 aromatic rings. The number of carboxylic acids is 1. The molecule has 0 unspecified atom stereocenters. The van der Waals surface area contributed by atoms with Crippen molar-refractivity contribution in [3.05, 3.63) is 58.3 Å². The molecule has 0 aliphatic heterocycles. The number of ether oxygens (including phenoxy) is 2. The van der Waals surface area contributed by atoms with E-state index in [0.29, 0.717) is 23.6 Å². The molecule has 0 atom stereocenters. The number of rotatable bonds is 7. The molecule has 0 fully saturated rings. The third-order valence-corrected chi connectivity index (χ3v) is 4.01. The highest BCUT2D eigenvalue weighted by atomic mass is 79.9. The van der Waals surface area contributed by atoms with Crippen LogP contribution >= 0.6 is 15.9 Å². The van der Waals surface area contributed by atoms with Crippen LogP contribution in [0.5, 0.6) is 11.5 Å². The summed E-state index contributed by atoms with van der Waals surface area (Å²) >= 11 is 3.37. The fraction of sp³-hybridized carbons (Fsp3) is 0.167. The van der Waals surface area contributed by atoms with E-state index in [1.165, 1.54) is 0 Å². The van der Waals surface area contributed by atoms with E-state index in [4.69, 9.17) is 19.1 Å². The van der Waals surface area contributed by atoms with Gasteiger partial charge in [0, 0.05) is 10.9 Å². The van der Waals surface area contributed by atoms with Gasteiger partial charge in [0.05, 0.1) is 12.7 Å². The number of benzene rings is 2. The second-order valence-corrected chi connectivity index (χ2v) is 6.28. The largest absolute Gasteiger partial charge is 0.497 e. The van der Waals surface area contributed by atoms with Crippen LogP contribution in [0, 0.1) is 0 Å². The van der Waals surface area contributed by atoms with Crippen molar-refractivity contribution in [1.29, 1.82) is 0 Å². The molecule has 3 rings (SSSR count). The summed E-state index contributed by atoms with van der Waals surface area (Å²) in [6.07, 6.45) is 0.493. The van der Waals surface area contributed by atoms with Gasteiger partial charge >= 0.3 is 5.97 Å². The lowest BCUT2D eigenvalue weighted by Gasteiger charge is -2.07. The summed E-state index contributed by atoms with van der Waals surface area (Å²) in [6.45, 7) is -0.457. The van der Waals surface area contributed by atoms with Crippen LogP contribution in [0.1, 0.15) is 11.4 Å².